The van der Waals surface area contributed by atoms with Crippen LogP contribution in [0, 0.1) is 12.7 Å². The molecule has 0 aliphatic heterocycles. The van der Waals surface area contributed by atoms with E-state index in [1.807, 2.05) is 6.92 Å². The highest BCUT2D eigenvalue weighted by Gasteiger charge is 2.17. The quantitative estimate of drug-likeness (QED) is 0.492. The summed E-state index contributed by atoms with van der Waals surface area (Å²) in [7, 11) is 0. The Morgan fingerprint density at radius 3 is 2.71 bits per heavy atom. The predicted octanol–water partition coefficient (Wildman–Crippen LogP) is 2.69. The molecule has 0 bridgehead atoms. The van der Waals surface area contributed by atoms with Gasteiger partial charge in [0.15, 0.2) is 0 Å². The summed E-state index contributed by atoms with van der Waals surface area (Å²) < 4.78 is 14.5. The average molecular weight is 390 g/mol. The molecular weight excluding hydrogens is 363 g/mol. The van der Waals surface area contributed by atoms with Crippen LogP contribution < -0.4 is 11.1 Å². The zero-order chi connectivity index (χ0) is 20.7. The van der Waals surface area contributed by atoms with Crippen molar-refractivity contribution in [2.45, 2.75) is 52.0 Å². The predicted molar refractivity (Wildman–Crippen MR) is 106 cm³/mol. The van der Waals surface area contributed by atoms with Gasteiger partial charge in [-0.25, -0.2) is 9.37 Å². The third kappa shape index (κ3) is 5.88. The number of hydrogen-bond acceptors (Lipinski definition) is 6. The Kier molecular flexibility index (Phi) is 7.69. The summed E-state index contributed by atoms with van der Waals surface area (Å²) in [5.74, 6) is -0.773. The smallest absolute Gasteiger partial charge is 0.307 e. The molecule has 0 amide bonds. The number of carboxylic acid groups (broad SMARTS) is 1. The first-order valence-electron chi connectivity index (χ1n) is 9.33. The van der Waals surface area contributed by atoms with E-state index in [4.69, 9.17) is 15.9 Å². The zero-order valence-electron chi connectivity index (χ0n) is 16.2. The van der Waals surface area contributed by atoms with Crippen LogP contribution in [-0.2, 0) is 17.6 Å². The highest BCUT2D eigenvalue weighted by Crippen LogP contribution is 2.25. The summed E-state index contributed by atoms with van der Waals surface area (Å²) in [6.07, 6.45) is 2.30. The van der Waals surface area contributed by atoms with Crippen LogP contribution in [0.25, 0.3) is 0 Å². The monoisotopic (exact) mass is 390 g/mol. The van der Waals surface area contributed by atoms with Crippen LogP contribution >= 0.6 is 0 Å². The molecule has 2 rings (SSSR count). The van der Waals surface area contributed by atoms with Gasteiger partial charge in [0.25, 0.3) is 0 Å². The standard InChI is InChI=1S/C20H27FN4O3/c1-3-15(5-4-8-26)24-19-16(12(2)23-20(22)25-19)11-14-7-6-13(9-17(14)21)10-18(27)28/h6-7,9,15,26H,3-5,8,10-11H2,1-2H3,(H,27,28)(H3,22,23,24,25). The van der Waals surface area contributed by atoms with Crippen LogP contribution in [0.5, 0.6) is 0 Å². The van der Waals surface area contributed by atoms with E-state index in [1.165, 1.54) is 6.07 Å². The Balaban J connectivity index is 2.31. The van der Waals surface area contributed by atoms with Gasteiger partial charge in [-0.3, -0.25) is 4.79 Å². The van der Waals surface area contributed by atoms with Crippen molar-refractivity contribution in [2.75, 3.05) is 17.7 Å². The molecule has 0 radical (unpaired) electrons. The molecule has 7 nitrogen and oxygen atoms in total. The van der Waals surface area contributed by atoms with Crippen LogP contribution in [0.2, 0.25) is 0 Å². The number of carbonyl (C=O) groups is 1. The molecule has 0 saturated carbocycles. The minimum Gasteiger partial charge on any atom is -0.481 e. The van der Waals surface area contributed by atoms with Crippen LogP contribution in [0.15, 0.2) is 18.2 Å². The van der Waals surface area contributed by atoms with Gasteiger partial charge in [0.1, 0.15) is 11.6 Å². The fourth-order valence-corrected chi connectivity index (χ4v) is 3.07. The fourth-order valence-electron chi connectivity index (χ4n) is 3.07. The lowest BCUT2D eigenvalue weighted by molar-refractivity contribution is -0.136. The molecule has 1 heterocycles. The van der Waals surface area contributed by atoms with E-state index in [1.54, 1.807) is 19.1 Å². The molecule has 152 valence electrons. The Morgan fingerprint density at radius 2 is 2.11 bits per heavy atom. The maximum Gasteiger partial charge on any atom is 0.307 e. The minimum atomic E-state index is -1.00. The van der Waals surface area contributed by atoms with Gasteiger partial charge >= 0.3 is 5.97 Å². The molecule has 1 aromatic heterocycles. The number of nitrogens with two attached hydrogens (primary N) is 1. The van der Waals surface area contributed by atoms with Crippen molar-refractivity contribution in [3.63, 3.8) is 0 Å². The molecule has 2 aromatic rings. The Bertz CT molecular complexity index is 829. The maximum absolute atomic E-state index is 14.5. The number of aromatic nitrogens is 2. The van der Waals surface area contributed by atoms with Crippen LogP contribution in [-0.4, -0.2) is 38.8 Å². The molecule has 8 heteroatoms. The molecule has 28 heavy (non-hydrogen) atoms. The van der Waals surface area contributed by atoms with Crippen LogP contribution in [0.1, 0.15) is 48.6 Å². The number of benzene rings is 1. The van der Waals surface area contributed by atoms with Crippen molar-refractivity contribution in [3.05, 3.63) is 46.4 Å². The number of hydrogen-bond donors (Lipinski definition) is 4. The van der Waals surface area contributed by atoms with E-state index >= 15 is 0 Å². The molecule has 1 aromatic carbocycles. The molecule has 0 spiro atoms. The number of rotatable bonds is 10. The summed E-state index contributed by atoms with van der Waals surface area (Å²) in [6, 6.07) is 4.56. The topological polar surface area (TPSA) is 121 Å². The number of aliphatic hydroxyl groups is 1. The van der Waals surface area contributed by atoms with Gasteiger partial charge in [-0.2, -0.15) is 4.98 Å². The second-order valence-electron chi connectivity index (χ2n) is 6.78. The molecule has 5 N–H and O–H groups in total. The highest BCUT2D eigenvalue weighted by atomic mass is 19.1. The maximum atomic E-state index is 14.5. The summed E-state index contributed by atoms with van der Waals surface area (Å²) in [4.78, 5) is 19.3. The first-order chi connectivity index (χ1) is 13.3. The number of halogens is 1. The Labute approximate surface area is 163 Å². The molecule has 0 saturated heterocycles. The van der Waals surface area contributed by atoms with Crippen LogP contribution in [0.3, 0.4) is 0 Å². The van der Waals surface area contributed by atoms with Gasteiger partial charge in [0.05, 0.1) is 6.42 Å². The lowest BCUT2D eigenvalue weighted by atomic mass is 10.0. The first-order valence-corrected chi connectivity index (χ1v) is 9.33. The number of nitrogens with one attached hydrogen (secondary N) is 1. The second kappa shape index (κ2) is 9.98. The van der Waals surface area contributed by atoms with Gasteiger partial charge < -0.3 is 21.3 Å². The van der Waals surface area contributed by atoms with Gasteiger partial charge in [-0.1, -0.05) is 19.1 Å². The molecule has 0 fully saturated rings. The fraction of sp³-hybridized carbons (Fsp3) is 0.450. The average Bonchev–Trinajstić information content (AvgIpc) is 2.62. The Hall–Kier alpha value is -2.74. The first kappa shape index (κ1) is 21.6. The van der Waals surface area contributed by atoms with Crippen molar-refractivity contribution in [1.29, 1.82) is 0 Å². The summed E-state index contributed by atoms with van der Waals surface area (Å²) >= 11 is 0. The van der Waals surface area contributed by atoms with Crippen molar-refractivity contribution in [3.8, 4) is 0 Å². The van der Waals surface area contributed by atoms with Crippen molar-refractivity contribution in [1.82, 2.24) is 9.97 Å². The molecule has 1 atom stereocenters. The molecular formula is C20H27FN4O3. The summed E-state index contributed by atoms with van der Waals surface area (Å²) in [6.45, 7) is 3.95. The molecule has 0 aliphatic rings. The third-order valence-electron chi connectivity index (χ3n) is 4.62. The number of carboxylic acids is 1. The van der Waals surface area contributed by atoms with E-state index in [0.717, 1.165) is 18.4 Å². The number of aliphatic hydroxyl groups excluding tert-OH is 1. The van der Waals surface area contributed by atoms with Crippen molar-refractivity contribution < 1.29 is 19.4 Å². The number of aliphatic carboxylic acids is 1. The summed E-state index contributed by atoms with van der Waals surface area (Å²) in [5, 5.41) is 21.3. The molecule has 1 unspecified atom stereocenters. The van der Waals surface area contributed by atoms with Gasteiger partial charge in [0.2, 0.25) is 5.95 Å². The highest BCUT2D eigenvalue weighted by molar-refractivity contribution is 5.70. The van der Waals surface area contributed by atoms with E-state index in [9.17, 15) is 9.18 Å². The minimum absolute atomic E-state index is 0.0994. The van der Waals surface area contributed by atoms with Gasteiger partial charge in [-0.05, 0) is 43.4 Å². The third-order valence-corrected chi connectivity index (χ3v) is 4.62. The largest absolute Gasteiger partial charge is 0.481 e. The van der Waals surface area contributed by atoms with Gasteiger partial charge in [-0.15, -0.1) is 0 Å². The second-order valence-corrected chi connectivity index (χ2v) is 6.78. The van der Waals surface area contributed by atoms with E-state index < -0.39 is 11.8 Å². The lowest BCUT2D eigenvalue weighted by Gasteiger charge is -2.21. The summed E-state index contributed by atoms with van der Waals surface area (Å²) in [5.41, 5.74) is 8.03. The Morgan fingerprint density at radius 1 is 1.36 bits per heavy atom. The number of nitrogens with zero attached hydrogens (tertiary/aromatic N) is 2. The van der Waals surface area contributed by atoms with E-state index in [2.05, 4.69) is 15.3 Å². The SMILES string of the molecule is CCC(CCCO)Nc1nc(N)nc(C)c1Cc1ccc(CC(=O)O)cc1F. The van der Waals surface area contributed by atoms with Crippen LogP contribution in [0.4, 0.5) is 16.2 Å². The zero-order valence-corrected chi connectivity index (χ0v) is 16.2. The number of nitrogen functional groups attached to an aromatic ring is 1. The van der Waals surface area contributed by atoms with E-state index in [-0.39, 0.29) is 31.4 Å². The van der Waals surface area contributed by atoms with Crippen molar-refractivity contribution >= 4 is 17.7 Å². The van der Waals surface area contributed by atoms with E-state index in [0.29, 0.717) is 29.1 Å². The number of aryl methyl sites for hydroxylation is 1. The van der Waals surface area contributed by atoms with Crippen molar-refractivity contribution in [2.24, 2.45) is 0 Å². The molecule has 0 aliphatic carbocycles. The lowest BCUT2D eigenvalue weighted by Crippen LogP contribution is -2.22. The number of anilines is 2. The normalized spacial score (nSPS) is 12.0. The van der Waals surface area contributed by atoms with Gasteiger partial charge in [0, 0.05) is 30.3 Å².